The molecular weight excluding hydrogens is 259 g/mol. The van der Waals surface area contributed by atoms with E-state index >= 15 is 0 Å². The Hall–Kier alpha value is -0.700. The maximum atomic E-state index is 13.4. The first kappa shape index (κ1) is 10.8. The highest BCUT2D eigenvalue weighted by atomic mass is 79.9. The minimum atomic E-state index is -0.169. The Morgan fingerprint density at radius 2 is 2.27 bits per heavy atom. The van der Waals surface area contributed by atoms with Crippen molar-refractivity contribution in [2.45, 2.75) is 25.7 Å². The minimum absolute atomic E-state index is 0.169. The van der Waals surface area contributed by atoms with E-state index in [1.165, 1.54) is 6.07 Å². The van der Waals surface area contributed by atoms with Gasteiger partial charge in [0.25, 0.3) is 0 Å². The summed E-state index contributed by atoms with van der Waals surface area (Å²) in [5, 5.41) is 0. The van der Waals surface area contributed by atoms with Crippen molar-refractivity contribution in [2.24, 2.45) is 5.92 Å². The topological polar surface area (TPSA) is 17.1 Å². The predicted octanol–water partition coefficient (Wildman–Crippen LogP) is 3.50. The van der Waals surface area contributed by atoms with Crippen LogP contribution < -0.4 is 0 Å². The number of halogens is 2. The van der Waals surface area contributed by atoms with Gasteiger partial charge in [0.05, 0.1) is 0 Å². The fourth-order valence-corrected chi connectivity index (χ4v) is 2.48. The fraction of sp³-hybridized carbons (Fsp3) is 0.417. The monoisotopic (exact) mass is 270 g/mol. The third-order valence-corrected chi connectivity index (χ3v) is 3.36. The molecule has 1 nitrogen and oxygen atoms in total. The lowest BCUT2D eigenvalue weighted by Gasteiger charge is -2.09. The molecule has 1 fully saturated rings. The van der Waals surface area contributed by atoms with Gasteiger partial charge >= 0.3 is 0 Å². The molecule has 0 bridgehead atoms. The molecule has 0 radical (unpaired) electrons. The van der Waals surface area contributed by atoms with Gasteiger partial charge in [-0.3, -0.25) is 4.79 Å². The van der Waals surface area contributed by atoms with Crippen LogP contribution in [0.3, 0.4) is 0 Å². The Morgan fingerprint density at radius 3 is 2.93 bits per heavy atom. The molecule has 0 spiro atoms. The number of ketones is 1. The molecule has 0 amide bonds. The lowest BCUT2D eigenvalue weighted by atomic mass is 9.98. The van der Waals surface area contributed by atoms with Crippen molar-refractivity contribution in [1.29, 1.82) is 0 Å². The van der Waals surface area contributed by atoms with Crippen molar-refractivity contribution in [2.75, 3.05) is 0 Å². The van der Waals surface area contributed by atoms with Crippen molar-refractivity contribution >= 4 is 21.7 Å². The van der Waals surface area contributed by atoms with Crippen molar-refractivity contribution < 1.29 is 9.18 Å². The summed E-state index contributed by atoms with van der Waals surface area (Å²) in [6, 6.07) is 4.97. The predicted molar refractivity (Wildman–Crippen MR) is 60.2 cm³/mol. The molecule has 0 saturated heterocycles. The van der Waals surface area contributed by atoms with Gasteiger partial charge in [0.1, 0.15) is 11.6 Å². The van der Waals surface area contributed by atoms with Crippen LogP contribution >= 0.6 is 15.9 Å². The summed E-state index contributed by atoms with van der Waals surface area (Å²) in [4.78, 5) is 11.1. The van der Waals surface area contributed by atoms with Crippen LogP contribution in [0.1, 0.15) is 24.8 Å². The molecule has 15 heavy (non-hydrogen) atoms. The molecule has 0 heterocycles. The van der Waals surface area contributed by atoms with Gasteiger partial charge in [-0.15, -0.1) is 0 Å². The molecule has 1 atom stereocenters. The maximum Gasteiger partial charge on any atom is 0.133 e. The van der Waals surface area contributed by atoms with Crippen molar-refractivity contribution in [1.82, 2.24) is 0 Å². The second-order valence-electron chi connectivity index (χ2n) is 4.09. The number of carbonyl (C=O) groups excluding carboxylic acids is 1. The van der Waals surface area contributed by atoms with Crippen LogP contribution in [-0.2, 0) is 11.2 Å². The Morgan fingerprint density at radius 1 is 1.47 bits per heavy atom. The van der Waals surface area contributed by atoms with Gasteiger partial charge < -0.3 is 0 Å². The summed E-state index contributed by atoms with van der Waals surface area (Å²) in [7, 11) is 0. The smallest absolute Gasteiger partial charge is 0.133 e. The molecule has 2 rings (SSSR count). The van der Waals surface area contributed by atoms with Crippen LogP contribution in [0.5, 0.6) is 0 Å². The number of hydrogen-bond acceptors (Lipinski definition) is 1. The van der Waals surface area contributed by atoms with E-state index in [0.717, 1.165) is 10.9 Å². The van der Waals surface area contributed by atoms with E-state index in [4.69, 9.17) is 0 Å². The molecule has 3 heteroatoms. The zero-order valence-electron chi connectivity index (χ0n) is 8.30. The molecule has 0 aromatic heterocycles. The highest BCUT2D eigenvalue weighted by Crippen LogP contribution is 2.27. The van der Waals surface area contributed by atoms with E-state index in [1.54, 1.807) is 12.1 Å². The first-order valence-corrected chi connectivity index (χ1v) is 5.90. The highest BCUT2D eigenvalue weighted by molar-refractivity contribution is 9.10. The van der Waals surface area contributed by atoms with Crippen LogP contribution in [0.15, 0.2) is 22.7 Å². The number of benzene rings is 1. The highest BCUT2D eigenvalue weighted by Gasteiger charge is 2.23. The number of carbonyl (C=O) groups is 1. The van der Waals surface area contributed by atoms with Crippen molar-refractivity contribution in [3.05, 3.63) is 34.1 Å². The van der Waals surface area contributed by atoms with E-state index < -0.39 is 0 Å². The van der Waals surface area contributed by atoms with E-state index in [-0.39, 0.29) is 5.82 Å². The first-order valence-electron chi connectivity index (χ1n) is 5.11. The molecule has 1 aliphatic rings. The SMILES string of the molecule is O=C1CCC(Cc2cc(Br)ccc2F)C1. The normalized spacial score (nSPS) is 20.9. The van der Waals surface area contributed by atoms with Gasteiger partial charge in [-0.1, -0.05) is 15.9 Å². The molecular formula is C12H12BrFO. The Labute approximate surface area is 96.8 Å². The van der Waals surface area contributed by atoms with E-state index in [9.17, 15) is 9.18 Å². The van der Waals surface area contributed by atoms with E-state index in [0.29, 0.717) is 36.5 Å². The Kier molecular flexibility index (Phi) is 3.19. The van der Waals surface area contributed by atoms with Crippen LogP contribution in [-0.4, -0.2) is 5.78 Å². The molecule has 80 valence electrons. The maximum absolute atomic E-state index is 13.4. The van der Waals surface area contributed by atoms with Crippen LogP contribution in [0.2, 0.25) is 0 Å². The van der Waals surface area contributed by atoms with E-state index in [2.05, 4.69) is 15.9 Å². The number of hydrogen-bond donors (Lipinski definition) is 0. The van der Waals surface area contributed by atoms with Crippen LogP contribution in [0.25, 0.3) is 0 Å². The standard InChI is InChI=1S/C12H12BrFO/c13-10-2-4-12(14)9(7-10)5-8-1-3-11(15)6-8/h2,4,7-8H,1,3,5-6H2. The summed E-state index contributed by atoms with van der Waals surface area (Å²) in [6.07, 6.45) is 2.87. The first-order chi connectivity index (χ1) is 7.15. The van der Waals surface area contributed by atoms with Crippen molar-refractivity contribution in [3.63, 3.8) is 0 Å². The second-order valence-corrected chi connectivity index (χ2v) is 5.00. The molecule has 1 aromatic rings. The Bertz CT molecular complexity index is 389. The molecule has 0 aliphatic heterocycles. The van der Waals surface area contributed by atoms with Crippen molar-refractivity contribution in [3.8, 4) is 0 Å². The van der Waals surface area contributed by atoms with Gasteiger partial charge in [-0.05, 0) is 42.5 Å². The van der Waals surface area contributed by atoms with E-state index in [1.807, 2.05) is 0 Å². The number of Topliss-reactive ketones (excluding diaryl/α,β-unsaturated/α-hetero) is 1. The van der Waals surface area contributed by atoms with Gasteiger partial charge in [0, 0.05) is 17.3 Å². The van der Waals surface area contributed by atoms with Crippen LogP contribution in [0, 0.1) is 11.7 Å². The lowest BCUT2D eigenvalue weighted by Crippen LogP contribution is -2.02. The summed E-state index contributed by atoms with van der Waals surface area (Å²) in [5.74, 6) is 0.481. The average molecular weight is 271 g/mol. The Balaban J connectivity index is 2.10. The third kappa shape index (κ3) is 2.65. The number of rotatable bonds is 2. The molecule has 1 unspecified atom stereocenters. The summed E-state index contributed by atoms with van der Waals surface area (Å²) in [5.41, 5.74) is 0.712. The van der Waals surface area contributed by atoms with Crippen LogP contribution in [0.4, 0.5) is 4.39 Å². The largest absolute Gasteiger partial charge is 0.300 e. The van der Waals surface area contributed by atoms with Gasteiger partial charge in [-0.2, -0.15) is 0 Å². The van der Waals surface area contributed by atoms with Gasteiger partial charge in [0.15, 0.2) is 0 Å². The molecule has 0 N–H and O–H groups in total. The quantitative estimate of drug-likeness (QED) is 0.804. The van der Waals surface area contributed by atoms with Gasteiger partial charge in [-0.25, -0.2) is 4.39 Å². The fourth-order valence-electron chi connectivity index (χ4n) is 2.08. The summed E-state index contributed by atoms with van der Waals surface area (Å²) in [6.45, 7) is 0. The zero-order chi connectivity index (χ0) is 10.8. The molecule has 1 saturated carbocycles. The molecule has 1 aliphatic carbocycles. The summed E-state index contributed by atoms with van der Waals surface area (Å²) < 4.78 is 14.3. The average Bonchev–Trinajstić information content (AvgIpc) is 2.58. The van der Waals surface area contributed by atoms with Gasteiger partial charge in [0.2, 0.25) is 0 Å². The zero-order valence-corrected chi connectivity index (χ0v) is 9.89. The second kappa shape index (κ2) is 4.44. The minimum Gasteiger partial charge on any atom is -0.300 e. The third-order valence-electron chi connectivity index (χ3n) is 2.86. The molecule has 1 aromatic carbocycles. The summed E-state index contributed by atoms with van der Waals surface area (Å²) >= 11 is 3.32. The lowest BCUT2D eigenvalue weighted by molar-refractivity contribution is -0.117.